The Morgan fingerprint density at radius 1 is 0.750 bits per heavy atom. The number of anilines is 1. The fourth-order valence-electron chi connectivity index (χ4n) is 7.98. The first-order chi connectivity index (χ1) is 22.6. The van der Waals surface area contributed by atoms with Crippen LogP contribution in [0.4, 0.5) is 11.4 Å². The SMILES string of the molecule is CN1C(=CC=C2CCCC(C=CC3=[N+](C)c4ccc5ccccc5c4C3(C)C)=C2O)C(C)(C)c2c1ccc1ccccc21.[O-][Cl+3]([O-])([O-])[O-]. The molecule has 2 heterocycles. The summed E-state index contributed by atoms with van der Waals surface area (Å²) < 4.78 is 36.3. The summed E-state index contributed by atoms with van der Waals surface area (Å²) >= 11 is 0. The fourth-order valence-corrected chi connectivity index (χ4v) is 7.98. The maximum Gasteiger partial charge on any atom is 0.210 e. The lowest BCUT2D eigenvalue weighted by atomic mass is 9.78. The Hall–Kier alpha value is -4.24. The molecule has 3 aliphatic rings. The molecule has 4 aromatic rings. The third-order valence-electron chi connectivity index (χ3n) is 10.2. The number of hydrogen-bond donors (Lipinski definition) is 1. The Bertz CT molecular complexity index is 2090. The van der Waals surface area contributed by atoms with Crippen LogP contribution in [0.15, 0.2) is 120 Å². The molecular formula is C40H41ClN2O5. The Kier molecular flexibility index (Phi) is 8.65. The number of rotatable bonds is 3. The number of nitrogens with zero attached hydrogens (tertiary/aromatic N) is 2. The molecule has 0 aromatic heterocycles. The smallest absolute Gasteiger partial charge is 0.210 e. The molecule has 0 bridgehead atoms. The van der Waals surface area contributed by atoms with Gasteiger partial charge in [0, 0.05) is 41.6 Å². The van der Waals surface area contributed by atoms with Crippen LogP contribution in [0, 0.1) is 10.2 Å². The van der Waals surface area contributed by atoms with Gasteiger partial charge in [-0.2, -0.15) is 4.58 Å². The topological polar surface area (TPSA) is 119 Å². The lowest BCUT2D eigenvalue weighted by molar-refractivity contribution is -2.00. The summed E-state index contributed by atoms with van der Waals surface area (Å²) in [6.45, 7) is 9.26. The fraction of sp³-hybridized carbons (Fsp3) is 0.275. The van der Waals surface area contributed by atoms with Crippen molar-refractivity contribution in [3.8, 4) is 0 Å². The molecule has 7 nitrogen and oxygen atoms in total. The molecule has 0 fully saturated rings. The summed E-state index contributed by atoms with van der Waals surface area (Å²) in [5, 5.41) is 16.7. The van der Waals surface area contributed by atoms with Crippen LogP contribution in [0.2, 0.25) is 0 Å². The van der Waals surface area contributed by atoms with Crippen LogP contribution < -0.4 is 23.5 Å². The second kappa shape index (κ2) is 12.3. The van der Waals surface area contributed by atoms with E-state index in [0.29, 0.717) is 5.76 Å². The van der Waals surface area contributed by atoms with Crippen molar-refractivity contribution in [2.75, 3.05) is 19.0 Å². The minimum atomic E-state index is -4.94. The monoisotopic (exact) mass is 664 g/mol. The Morgan fingerprint density at radius 2 is 1.33 bits per heavy atom. The summed E-state index contributed by atoms with van der Waals surface area (Å²) in [4.78, 5) is 2.32. The first-order valence-corrected chi connectivity index (χ1v) is 17.4. The highest BCUT2D eigenvalue weighted by Gasteiger charge is 2.44. The zero-order chi connectivity index (χ0) is 34.6. The van der Waals surface area contributed by atoms with Gasteiger partial charge in [0.1, 0.15) is 12.8 Å². The van der Waals surface area contributed by atoms with Gasteiger partial charge in [0.2, 0.25) is 5.69 Å². The van der Waals surface area contributed by atoms with Crippen molar-refractivity contribution in [2.45, 2.75) is 57.8 Å². The molecule has 7 rings (SSSR count). The Balaban J connectivity index is 0.000000749. The first-order valence-electron chi connectivity index (χ1n) is 16.1. The zero-order valence-corrected chi connectivity index (χ0v) is 29.0. The number of fused-ring (bicyclic) bond motifs is 6. The number of likely N-dealkylation sites (N-methyl/N-ethyl adjacent to an activating group) is 1. The van der Waals surface area contributed by atoms with Gasteiger partial charge in [-0.1, -0.05) is 74.5 Å². The van der Waals surface area contributed by atoms with Gasteiger partial charge < -0.3 is 10.0 Å². The second-order valence-electron chi connectivity index (χ2n) is 13.8. The molecular weight excluding hydrogens is 624 g/mol. The van der Waals surface area contributed by atoms with Crippen molar-refractivity contribution < 1.29 is 38.6 Å². The zero-order valence-electron chi connectivity index (χ0n) is 28.2. The number of aliphatic hydroxyl groups is 1. The van der Waals surface area contributed by atoms with Crippen LogP contribution in [0.25, 0.3) is 21.5 Å². The molecule has 0 saturated heterocycles. The average molecular weight is 665 g/mol. The third-order valence-corrected chi connectivity index (χ3v) is 10.2. The number of aliphatic hydroxyl groups excluding tert-OH is 1. The molecule has 0 spiro atoms. The quantitative estimate of drug-likeness (QED) is 0.307. The molecule has 4 aromatic carbocycles. The molecule has 0 amide bonds. The highest BCUT2D eigenvalue weighted by atomic mass is 35.7. The van der Waals surface area contributed by atoms with E-state index in [1.165, 1.54) is 55.5 Å². The van der Waals surface area contributed by atoms with Gasteiger partial charge in [0.15, 0.2) is 5.71 Å². The highest BCUT2D eigenvalue weighted by molar-refractivity contribution is 6.07. The molecule has 1 aliphatic carbocycles. The van der Waals surface area contributed by atoms with E-state index in [9.17, 15) is 5.11 Å². The van der Waals surface area contributed by atoms with E-state index in [1.54, 1.807) is 0 Å². The highest BCUT2D eigenvalue weighted by Crippen LogP contribution is 2.50. The van der Waals surface area contributed by atoms with E-state index < -0.39 is 10.2 Å². The van der Waals surface area contributed by atoms with Gasteiger partial charge >= 0.3 is 0 Å². The number of allylic oxidation sites excluding steroid dienone is 7. The molecule has 1 N–H and O–H groups in total. The Morgan fingerprint density at radius 3 is 1.98 bits per heavy atom. The molecule has 2 aliphatic heterocycles. The Labute approximate surface area is 284 Å². The third kappa shape index (κ3) is 5.97. The van der Waals surface area contributed by atoms with Gasteiger partial charge in [0.25, 0.3) is 0 Å². The van der Waals surface area contributed by atoms with Crippen LogP contribution in [0.5, 0.6) is 0 Å². The molecule has 0 saturated carbocycles. The number of hydrogen-bond acceptors (Lipinski definition) is 6. The molecule has 48 heavy (non-hydrogen) atoms. The number of halogens is 1. The van der Waals surface area contributed by atoms with Gasteiger partial charge in [-0.15, -0.1) is 10.2 Å². The number of benzene rings is 4. The predicted molar refractivity (Wildman–Crippen MR) is 182 cm³/mol. The average Bonchev–Trinajstić information content (AvgIpc) is 3.36. The van der Waals surface area contributed by atoms with E-state index in [1.807, 2.05) is 0 Å². The summed E-state index contributed by atoms with van der Waals surface area (Å²) in [5.41, 5.74) is 9.50. The van der Waals surface area contributed by atoms with E-state index in [2.05, 4.69) is 148 Å². The van der Waals surface area contributed by atoms with E-state index in [4.69, 9.17) is 18.6 Å². The van der Waals surface area contributed by atoms with Crippen LogP contribution >= 0.6 is 0 Å². The molecule has 8 heteroatoms. The summed E-state index contributed by atoms with van der Waals surface area (Å²) in [7, 11) is -0.620. The summed E-state index contributed by atoms with van der Waals surface area (Å²) in [6, 6.07) is 26.3. The minimum Gasteiger partial charge on any atom is -0.507 e. The molecule has 0 atom stereocenters. The maximum absolute atomic E-state index is 11.5. The van der Waals surface area contributed by atoms with Crippen molar-refractivity contribution in [1.29, 1.82) is 0 Å². The second-order valence-corrected chi connectivity index (χ2v) is 14.6. The van der Waals surface area contributed by atoms with Crippen molar-refractivity contribution in [2.24, 2.45) is 0 Å². The lowest BCUT2D eigenvalue weighted by Crippen LogP contribution is -2.68. The normalized spacial score (nSPS) is 20.2. The van der Waals surface area contributed by atoms with Gasteiger partial charge in [0.05, 0.1) is 5.41 Å². The molecule has 0 unspecified atom stereocenters. The summed E-state index contributed by atoms with van der Waals surface area (Å²) in [6.07, 6.45) is 11.6. The summed E-state index contributed by atoms with van der Waals surface area (Å²) in [5.74, 6) is 0.433. The maximum atomic E-state index is 11.5. The van der Waals surface area contributed by atoms with Crippen LogP contribution in [0.1, 0.15) is 58.1 Å². The van der Waals surface area contributed by atoms with E-state index in [-0.39, 0.29) is 10.8 Å². The van der Waals surface area contributed by atoms with E-state index >= 15 is 0 Å². The molecule has 0 radical (unpaired) electrons. The van der Waals surface area contributed by atoms with Gasteiger partial charge in [-0.3, -0.25) is 0 Å². The van der Waals surface area contributed by atoms with Crippen molar-refractivity contribution in [1.82, 2.24) is 0 Å². The van der Waals surface area contributed by atoms with Crippen LogP contribution in [-0.4, -0.2) is 29.5 Å². The standard InChI is InChI=1S/C40H40N2O.ClHO4/c1-39(2)34(41(5)32-22-18-26-12-7-9-16-30(26)36(32)39)24-20-28-14-11-15-29(38(28)43)21-25-35-40(3,4)37-31-17-10-8-13-27(31)19-23-33(37)42(35)6;2-1(3,4)5/h7-10,12-13,16-25H,11,14-15H2,1-6H3;(H,2,3,4,5). The van der Waals surface area contributed by atoms with Crippen molar-refractivity contribution in [3.63, 3.8) is 0 Å². The largest absolute Gasteiger partial charge is 0.507 e. The molecule has 248 valence electrons. The van der Waals surface area contributed by atoms with Crippen molar-refractivity contribution >= 4 is 38.6 Å². The lowest BCUT2D eigenvalue weighted by Gasteiger charge is -2.24. The van der Waals surface area contributed by atoms with Crippen LogP contribution in [-0.2, 0) is 10.8 Å². The van der Waals surface area contributed by atoms with Gasteiger partial charge in [-0.25, -0.2) is 18.6 Å². The van der Waals surface area contributed by atoms with E-state index in [0.717, 1.165) is 30.4 Å². The predicted octanol–water partition coefficient (Wildman–Crippen LogP) is 5.03. The van der Waals surface area contributed by atoms with Gasteiger partial charge in [-0.05, 0) is 95.6 Å². The first kappa shape index (κ1) is 33.7. The van der Waals surface area contributed by atoms with Crippen LogP contribution in [0.3, 0.4) is 0 Å². The van der Waals surface area contributed by atoms with Crippen molar-refractivity contribution in [3.05, 3.63) is 131 Å². The minimum absolute atomic E-state index is 0.146.